The Balaban J connectivity index is 2.30. The second kappa shape index (κ2) is 8.92. The minimum atomic E-state index is -0.398. The molecule has 0 radical (unpaired) electrons. The summed E-state index contributed by atoms with van der Waals surface area (Å²) in [6.07, 6.45) is 0.157. The molecule has 0 bridgehead atoms. The smallest absolute Gasteiger partial charge is 0.310 e. The van der Waals surface area contributed by atoms with E-state index in [1.165, 1.54) is 6.92 Å². The molecule has 0 amide bonds. The summed E-state index contributed by atoms with van der Waals surface area (Å²) >= 11 is 7.05. The quantitative estimate of drug-likeness (QED) is 0.257. The second-order valence-electron chi connectivity index (χ2n) is 6.11. The molecular formula is C21H19Br2NO4. The third kappa shape index (κ3) is 4.15. The lowest BCUT2D eigenvalue weighted by Gasteiger charge is -2.11. The minimum absolute atomic E-state index is 0.157. The average Bonchev–Trinajstić information content (AvgIpc) is 2.95. The molecule has 0 aliphatic rings. The summed E-state index contributed by atoms with van der Waals surface area (Å²) in [7, 11) is 0. The monoisotopic (exact) mass is 507 g/mol. The van der Waals surface area contributed by atoms with Gasteiger partial charge in [0.1, 0.15) is 5.75 Å². The minimum Gasteiger partial charge on any atom is -0.466 e. The Morgan fingerprint density at radius 2 is 1.86 bits per heavy atom. The number of aromatic nitrogens is 1. The molecule has 146 valence electrons. The Labute approximate surface area is 179 Å². The van der Waals surface area contributed by atoms with Crippen LogP contribution in [0.3, 0.4) is 0 Å². The molecule has 0 atom stereocenters. The number of carbonyl (C=O) groups is 2. The molecule has 1 heterocycles. The number of rotatable bonds is 6. The van der Waals surface area contributed by atoms with Crippen molar-refractivity contribution in [3.8, 4) is 11.4 Å². The fraction of sp³-hybridized carbons (Fsp3) is 0.238. The van der Waals surface area contributed by atoms with Gasteiger partial charge in [-0.15, -0.1) is 0 Å². The standard InChI is InChI=1S/C21H19Br2NO4/c1-3-27-21(26)10-16-15-9-17(23)20(28-13(2)25)11-18(15)24(19(16)12-22)14-7-5-4-6-8-14/h4-9,11H,3,10,12H2,1-2H3. The maximum absolute atomic E-state index is 12.2. The fourth-order valence-electron chi connectivity index (χ4n) is 3.20. The highest BCUT2D eigenvalue weighted by atomic mass is 79.9. The summed E-state index contributed by atoms with van der Waals surface area (Å²) in [5.41, 5.74) is 3.62. The van der Waals surface area contributed by atoms with Gasteiger partial charge in [0, 0.05) is 35.1 Å². The Bertz CT molecular complexity index is 1030. The molecule has 28 heavy (non-hydrogen) atoms. The molecule has 7 heteroatoms. The highest BCUT2D eigenvalue weighted by molar-refractivity contribution is 9.10. The lowest BCUT2D eigenvalue weighted by Crippen LogP contribution is -2.09. The SMILES string of the molecule is CCOC(=O)Cc1c(CBr)n(-c2ccccc2)c2cc(OC(C)=O)c(Br)cc12. The molecule has 0 saturated carbocycles. The molecule has 5 nitrogen and oxygen atoms in total. The number of hydrogen-bond donors (Lipinski definition) is 0. The van der Waals surface area contributed by atoms with Crippen LogP contribution in [-0.4, -0.2) is 23.1 Å². The number of benzene rings is 2. The van der Waals surface area contributed by atoms with Crippen LogP contribution in [0.2, 0.25) is 0 Å². The van der Waals surface area contributed by atoms with Gasteiger partial charge in [-0.05, 0) is 46.6 Å². The van der Waals surface area contributed by atoms with E-state index in [0.29, 0.717) is 22.2 Å². The molecule has 0 spiro atoms. The topological polar surface area (TPSA) is 57.5 Å². The van der Waals surface area contributed by atoms with Crippen LogP contribution in [0.5, 0.6) is 5.75 Å². The van der Waals surface area contributed by atoms with Gasteiger partial charge < -0.3 is 14.0 Å². The predicted molar refractivity (Wildman–Crippen MR) is 115 cm³/mol. The van der Waals surface area contributed by atoms with E-state index >= 15 is 0 Å². The Kier molecular flexibility index (Phi) is 6.57. The average molecular weight is 509 g/mol. The Morgan fingerprint density at radius 1 is 1.14 bits per heavy atom. The van der Waals surface area contributed by atoms with Gasteiger partial charge in [0.05, 0.1) is 23.0 Å². The molecule has 0 unspecified atom stereocenters. The van der Waals surface area contributed by atoms with Crippen molar-refractivity contribution in [2.75, 3.05) is 6.61 Å². The van der Waals surface area contributed by atoms with Crippen LogP contribution in [0.1, 0.15) is 25.1 Å². The van der Waals surface area contributed by atoms with Crippen molar-refractivity contribution >= 4 is 54.7 Å². The van der Waals surface area contributed by atoms with E-state index in [-0.39, 0.29) is 12.4 Å². The van der Waals surface area contributed by atoms with Crippen molar-refractivity contribution in [2.24, 2.45) is 0 Å². The largest absolute Gasteiger partial charge is 0.466 e. The number of esters is 2. The van der Waals surface area contributed by atoms with Gasteiger partial charge in [-0.2, -0.15) is 0 Å². The summed E-state index contributed by atoms with van der Waals surface area (Å²) in [6.45, 7) is 3.49. The van der Waals surface area contributed by atoms with Crippen LogP contribution in [-0.2, 0) is 26.1 Å². The molecule has 0 aliphatic carbocycles. The van der Waals surface area contributed by atoms with Crippen LogP contribution in [0.4, 0.5) is 0 Å². The Hall–Kier alpha value is -2.12. The van der Waals surface area contributed by atoms with Gasteiger partial charge in [0.2, 0.25) is 0 Å². The number of hydrogen-bond acceptors (Lipinski definition) is 4. The van der Waals surface area contributed by atoms with Crippen LogP contribution in [0, 0.1) is 0 Å². The zero-order valence-corrected chi connectivity index (χ0v) is 18.7. The number of fused-ring (bicyclic) bond motifs is 1. The van der Waals surface area contributed by atoms with Crippen molar-refractivity contribution in [3.63, 3.8) is 0 Å². The summed E-state index contributed by atoms with van der Waals surface area (Å²) in [4.78, 5) is 23.7. The maximum Gasteiger partial charge on any atom is 0.310 e. The summed E-state index contributed by atoms with van der Waals surface area (Å²) in [5, 5.41) is 1.44. The van der Waals surface area contributed by atoms with Gasteiger partial charge in [-0.1, -0.05) is 34.1 Å². The number of alkyl halides is 1. The van der Waals surface area contributed by atoms with Crippen LogP contribution >= 0.6 is 31.9 Å². The third-order valence-electron chi connectivity index (χ3n) is 4.26. The molecule has 3 aromatic rings. The molecule has 1 aromatic heterocycles. The van der Waals surface area contributed by atoms with E-state index in [9.17, 15) is 9.59 Å². The van der Waals surface area contributed by atoms with Gasteiger partial charge >= 0.3 is 11.9 Å². The van der Waals surface area contributed by atoms with Crippen LogP contribution < -0.4 is 4.74 Å². The van der Waals surface area contributed by atoms with E-state index < -0.39 is 5.97 Å². The molecule has 2 aromatic carbocycles. The van der Waals surface area contributed by atoms with E-state index in [1.54, 1.807) is 6.92 Å². The van der Waals surface area contributed by atoms with Gasteiger partial charge in [-0.3, -0.25) is 9.59 Å². The van der Waals surface area contributed by atoms with Crippen LogP contribution in [0.25, 0.3) is 16.6 Å². The van der Waals surface area contributed by atoms with Crippen molar-refractivity contribution in [3.05, 3.63) is 58.2 Å². The second-order valence-corrected chi connectivity index (χ2v) is 7.52. The van der Waals surface area contributed by atoms with Crippen LogP contribution in [0.15, 0.2) is 46.9 Å². The fourth-order valence-corrected chi connectivity index (χ4v) is 4.22. The first-order valence-electron chi connectivity index (χ1n) is 8.77. The lowest BCUT2D eigenvalue weighted by atomic mass is 10.1. The lowest BCUT2D eigenvalue weighted by molar-refractivity contribution is -0.142. The van der Waals surface area contributed by atoms with Crippen molar-refractivity contribution in [1.82, 2.24) is 4.57 Å². The summed E-state index contributed by atoms with van der Waals surface area (Å²) in [6, 6.07) is 13.5. The molecule has 0 fully saturated rings. The number of halogens is 2. The molecule has 0 aliphatic heterocycles. The molecule has 0 saturated heterocycles. The summed E-state index contributed by atoms with van der Waals surface area (Å²) in [5.74, 6) is -0.249. The highest BCUT2D eigenvalue weighted by Gasteiger charge is 2.22. The number of ether oxygens (including phenoxy) is 2. The molecular weight excluding hydrogens is 490 g/mol. The predicted octanol–water partition coefficient (Wildman–Crippen LogP) is 5.32. The van der Waals surface area contributed by atoms with E-state index in [1.807, 2.05) is 42.5 Å². The number of carbonyl (C=O) groups excluding carboxylic acids is 2. The first-order chi connectivity index (χ1) is 13.5. The van der Waals surface area contributed by atoms with Crippen molar-refractivity contribution < 1.29 is 19.1 Å². The van der Waals surface area contributed by atoms with Crippen molar-refractivity contribution in [2.45, 2.75) is 25.6 Å². The van der Waals surface area contributed by atoms with Gasteiger partial charge in [0.25, 0.3) is 0 Å². The summed E-state index contributed by atoms with van der Waals surface area (Å²) < 4.78 is 13.2. The van der Waals surface area contributed by atoms with E-state index in [0.717, 1.165) is 27.8 Å². The zero-order chi connectivity index (χ0) is 20.3. The first kappa shape index (κ1) is 20.6. The first-order valence-corrected chi connectivity index (χ1v) is 10.7. The number of para-hydroxylation sites is 1. The number of nitrogens with zero attached hydrogens (tertiary/aromatic N) is 1. The Morgan fingerprint density at radius 3 is 2.46 bits per heavy atom. The zero-order valence-electron chi connectivity index (χ0n) is 15.5. The highest BCUT2D eigenvalue weighted by Crippen LogP contribution is 2.38. The normalized spacial score (nSPS) is 10.9. The van der Waals surface area contributed by atoms with E-state index in [4.69, 9.17) is 9.47 Å². The molecule has 3 rings (SSSR count). The van der Waals surface area contributed by atoms with E-state index in [2.05, 4.69) is 36.4 Å². The third-order valence-corrected chi connectivity index (χ3v) is 5.41. The van der Waals surface area contributed by atoms with Gasteiger partial charge in [-0.25, -0.2) is 0 Å². The maximum atomic E-state index is 12.2. The van der Waals surface area contributed by atoms with Crippen molar-refractivity contribution in [1.29, 1.82) is 0 Å². The molecule has 0 N–H and O–H groups in total. The van der Waals surface area contributed by atoms with Gasteiger partial charge in [0.15, 0.2) is 0 Å².